The summed E-state index contributed by atoms with van der Waals surface area (Å²) in [5.41, 5.74) is 0.501. The maximum atomic E-state index is 13.4. The molecule has 2 heterocycles. The van der Waals surface area contributed by atoms with Crippen LogP contribution in [0.1, 0.15) is 31.2 Å². The minimum Gasteiger partial charge on any atom is -0.505 e. The summed E-state index contributed by atoms with van der Waals surface area (Å²) in [6.45, 7) is 1.00. The number of benzene rings is 1. The van der Waals surface area contributed by atoms with Gasteiger partial charge in [0, 0.05) is 5.56 Å². The van der Waals surface area contributed by atoms with Gasteiger partial charge in [-0.1, -0.05) is 11.6 Å². The number of nitrogens with zero attached hydrogens (tertiary/aromatic N) is 2. The van der Waals surface area contributed by atoms with Crippen LogP contribution in [0.5, 0.6) is 5.75 Å². The third-order valence-corrected chi connectivity index (χ3v) is 4.66. The van der Waals surface area contributed by atoms with E-state index < -0.39 is 5.82 Å². The van der Waals surface area contributed by atoms with E-state index in [9.17, 15) is 9.50 Å². The van der Waals surface area contributed by atoms with Gasteiger partial charge < -0.3 is 14.9 Å². The highest BCUT2D eigenvalue weighted by molar-refractivity contribution is 5.55. The van der Waals surface area contributed by atoms with Crippen molar-refractivity contribution in [3.63, 3.8) is 0 Å². The molecule has 0 spiro atoms. The van der Waals surface area contributed by atoms with Gasteiger partial charge in [-0.15, -0.1) is 0 Å². The Balaban J connectivity index is 1.62. The highest BCUT2D eigenvalue weighted by atomic mass is 19.1. The fourth-order valence-electron chi connectivity index (χ4n) is 3.58. The zero-order valence-corrected chi connectivity index (χ0v) is 11.4. The van der Waals surface area contributed by atoms with E-state index in [4.69, 9.17) is 4.52 Å². The van der Waals surface area contributed by atoms with Crippen LogP contribution in [-0.2, 0) is 0 Å². The van der Waals surface area contributed by atoms with Gasteiger partial charge in [-0.05, 0) is 49.4 Å². The van der Waals surface area contributed by atoms with Crippen LogP contribution in [0.3, 0.4) is 0 Å². The molecule has 2 aliphatic rings. The molecule has 0 radical (unpaired) electrons. The maximum absolute atomic E-state index is 13.4. The van der Waals surface area contributed by atoms with Gasteiger partial charge in [0.05, 0.1) is 6.04 Å². The van der Waals surface area contributed by atoms with Gasteiger partial charge in [-0.3, -0.25) is 0 Å². The Morgan fingerprint density at radius 2 is 2.24 bits per heavy atom. The molecule has 2 aromatic rings. The Bertz CT molecular complexity index is 673. The molecule has 21 heavy (non-hydrogen) atoms. The second-order valence-electron chi connectivity index (χ2n) is 5.86. The first-order valence-electron chi connectivity index (χ1n) is 7.28. The Morgan fingerprint density at radius 1 is 1.33 bits per heavy atom. The molecule has 5 nitrogen and oxygen atoms in total. The normalized spacial score (nSPS) is 28.0. The van der Waals surface area contributed by atoms with Crippen LogP contribution in [-0.4, -0.2) is 21.8 Å². The van der Waals surface area contributed by atoms with Gasteiger partial charge in [-0.2, -0.15) is 4.98 Å². The Labute approximate surface area is 121 Å². The highest BCUT2D eigenvalue weighted by Gasteiger charge is 2.42. The van der Waals surface area contributed by atoms with Crippen molar-refractivity contribution < 1.29 is 14.0 Å². The molecule has 1 aromatic heterocycles. The molecule has 3 atom stereocenters. The first-order chi connectivity index (χ1) is 10.2. The smallest absolute Gasteiger partial charge is 0.244 e. The van der Waals surface area contributed by atoms with E-state index >= 15 is 0 Å². The number of aromatic nitrogens is 2. The summed E-state index contributed by atoms with van der Waals surface area (Å²) in [4.78, 5) is 4.41. The van der Waals surface area contributed by atoms with Crippen LogP contribution in [0.25, 0.3) is 11.4 Å². The summed E-state index contributed by atoms with van der Waals surface area (Å²) < 4.78 is 18.8. The summed E-state index contributed by atoms with van der Waals surface area (Å²) in [6.07, 6.45) is 3.71. The summed E-state index contributed by atoms with van der Waals surface area (Å²) in [7, 11) is 0. The maximum Gasteiger partial charge on any atom is 0.244 e. The number of rotatable bonds is 2. The minimum absolute atomic E-state index is 0.112. The molecule has 4 rings (SSSR count). The van der Waals surface area contributed by atoms with Crippen molar-refractivity contribution in [2.24, 2.45) is 11.8 Å². The lowest BCUT2D eigenvalue weighted by atomic mass is 9.94. The molecular formula is C15H16FN3O2. The predicted octanol–water partition coefficient (Wildman–Crippen LogP) is 2.64. The van der Waals surface area contributed by atoms with E-state index in [1.807, 2.05) is 0 Å². The lowest BCUT2D eigenvalue weighted by Gasteiger charge is -2.13. The first kappa shape index (κ1) is 12.8. The molecule has 1 aliphatic heterocycles. The molecule has 2 fully saturated rings. The average molecular weight is 289 g/mol. The lowest BCUT2D eigenvalue weighted by molar-refractivity contribution is 0.302. The number of hydrogen-bond donors (Lipinski definition) is 2. The van der Waals surface area contributed by atoms with Crippen molar-refractivity contribution in [2.45, 2.75) is 25.3 Å². The van der Waals surface area contributed by atoms with Gasteiger partial charge in [0.2, 0.25) is 11.7 Å². The number of aromatic hydroxyl groups is 1. The van der Waals surface area contributed by atoms with E-state index in [-0.39, 0.29) is 11.8 Å². The van der Waals surface area contributed by atoms with Crippen LogP contribution in [0.4, 0.5) is 4.39 Å². The zero-order valence-electron chi connectivity index (χ0n) is 11.4. The second-order valence-corrected chi connectivity index (χ2v) is 5.86. The lowest BCUT2D eigenvalue weighted by Crippen LogP contribution is -2.18. The van der Waals surface area contributed by atoms with E-state index in [0.717, 1.165) is 6.54 Å². The number of hydrogen-bond acceptors (Lipinski definition) is 5. The number of fused-ring (bicyclic) bond motifs is 1. The zero-order chi connectivity index (χ0) is 14.4. The van der Waals surface area contributed by atoms with Crippen molar-refractivity contribution in [1.82, 2.24) is 15.5 Å². The molecular weight excluding hydrogens is 273 g/mol. The highest BCUT2D eigenvalue weighted by Crippen LogP contribution is 2.44. The van der Waals surface area contributed by atoms with Gasteiger partial charge in [0.15, 0.2) is 11.6 Å². The van der Waals surface area contributed by atoms with Gasteiger partial charge in [-0.25, -0.2) is 4.39 Å². The largest absolute Gasteiger partial charge is 0.505 e. The SMILES string of the molecule is Oc1ccc(-c2noc(C3NCC4CCCC43)n2)cc1F. The topological polar surface area (TPSA) is 71.2 Å². The average Bonchev–Trinajstić information content (AvgIpc) is 3.16. The van der Waals surface area contributed by atoms with Crippen LogP contribution < -0.4 is 5.32 Å². The molecule has 2 N–H and O–H groups in total. The number of phenolic OH excluding ortho intramolecular Hbond substituents is 1. The third-order valence-electron chi connectivity index (χ3n) is 4.66. The van der Waals surface area contributed by atoms with Crippen LogP contribution in [0.15, 0.2) is 22.7 Å². The number of phenols is 1. The van der Waals surface area contributed by atoms with Crippen LogP contribution in [0.2, 0.25) is 0 Å². The monoisotopic (exact) mass is 289 g/mol. The molecule has 3 unspecified atom stereocenters. The number of halogens is 1. The summed E-state index contributed by atoms with van der Waals surface area (Å²) in [5, 5.41) is 16.6. The van der Waals surface area contributed by atoms with Gasteiger partial charge in [0.25, 0.3) is 0 Å². The quantitative estimate of drug-likeness (QED) is 0.889. The molecule has 1 aromatic carbocycles. The molecule has 1 aliphatic carbocycles. The van der Waals surface area contributed by atoms with E-state index in [1.54, 1.807) is 6.07 Å². The van der Waals surface area contributed by atoms with Crippen molar-refractivity contribution in [2.75, 3.05) is 6.54 Å². The Hall–Kier alpha value is -1.95. The molecule has 0 amide bonds. The summed E-state index contributed by atoms with van der Waals surface area (Å²) in [6, 6.07) is 4.19. The standard InChI is InChI=1S/C15H16FN3O2/c16-11-6-8(4-5-12(11)20)14-18-15(21-19-14)13-10-3-1-2-9(10)7-17-13/h4-6,9-10,13,17,20H,1-3,7H2. The third kappa shape index (κ3) is 2.10. The fraction of sp³-hybridized carbons (Fsp3) is 0.467. The molecule has 6 heteroatoms. The molecule has 1 saturated heterocycles. The van der Waals surface area contributed by atoms with E-state index in [2.05, 4.69) is 15.5 Å². The first-order valence-corrected chi connectivity index (χ1v) is 7.28. The van der Waals surface area contributed by atoms with E-state index in [1.165, 1.54) is 31.4 Å². The number of nitrogens with one attached hydrogen (secondary N) is 1. The van der Waals surface area contributed by atoms with Gasteiger partial charge >= 0.3 is 0 Å². The van der Waals surface area contributed by atoms with Crippen molar-refractivity contribution in [1.29, 1.82) is 0 Å². The minimum atomic E-state index is -0.686. The van der Waals surface area contributed by atoms with Crippen LogP contribution >= 0.6 is 0 Å². The molecule has 110 valence electrons. The Kier molecular flexibility index (Phi) is 2.92. The summed E-state index contributed by atoms with van der Waals surface area (Å²) >= 11 is 0. The molecule has 0 bridgehead atoms. The van der Waals surface area contributed by atoms with Crippen molar-refractivity contribution in [3.05, 3.63) is 29.9 Å². The van der Waals surface area contributed by atoms with E-state index in [0.29, 0.717) is 29.1 Å². The second kappa shape index (κ2) is 4.80. The van der Waals surface area contributed by atoms with Crippen molar-refractivity contribution >= 4 is 0 Å². The summed E-state index contributed by atoms with van der Waals surface area (Å²) in [5.74, 6) is 1.13. The van der Waals surface area contributed by atoms with Gasteiger partial charge in [0.1, 0.15) is 0 Å². The predicted molar refractivity (Wildman–Crippen MR) is 72.9 cm³/mol. The van der Waals surface area contributed by atoms with Crippen LogP contribution in [0, 0.1) is 17.7 Å². The fourth-order valence-corrected chi connectivity index (χ4v) is 3.58. The van der Waals surface area contributed by atoms with Crippen molar-refractivity contribution in [3.8, 4) is 17.1 Å². The Morgan fingerprint density at radius 3 is 3.10 bits per heavy atom. The molecule has 1 saturated carbocycles.